The van der Waals surface area contributed by atoms with E-state index in [4.69, 9.17) is 15.6 Å². The SMILES string of the molecule is CC(=O)c1cc(N)ccc1OCC(C)CO. The number of nitrogens with two attached hydrogens (primary N) is 1. The van der Waals surface area contributed by atoms with Crippen LogP contribution in [0.25, 0.3) is 0 Å². The van der Waals surface area contributed by atoms with E-state index in [1.165, 1.54) is 6.92 Å². The number of ether oxygens (including phenoxy) is 1. The van der Waals surface area contributed by atoms with Gasteiger partial charge in [-0.3, -0.25) is 4.79 Å². The van der Waals surface area contributed by atoms with Gasteiger partial charge in [0.2, 0.25) is 0 Å². The van der Waals surface area contributed by atoms with Crippen LogP contribution in [0.15, 0.2) is 18.2 Å². The van der Waals surface area contributed by atoms with Crippen LogP contribution in [0.4, 0.5) is 5.69 Å². The molecule has 0 bridgehead atoms. The second-order valence-corrected chi connectivity index (χ2v) is 3.91. The zero-order valence-corrected chi connectivity index (χ0v) is 9.56. The van der Waals surface area contributed by atoms with Gasteiger partial charge in [-0.25, -0.2) is 0 Å². The fourth-order valence-corrected chi connectivity index (χ4v) is 1.23. The second-order valence-electron chi connectivity index (χ2n) is 3.91. The maximum atomic E-state index is 11.3. The summed E-state index contributed by atoms with van der Waals surface area (Å²) in [7, 11) is 0. The van der Waals surface area contributed by atoms with Gasteiger partial charge < -0.3 is 15.6 Å². The van der Waals surface area contributed by atoms with Crippen molar-refractivity contribution in [1.82, 2.24) is 0 Å². The molecule has 0 aliphatic rings. The molecule has 3 N–H and O–H groups in total. The molecule has 1 unspecified atom stereocenters. The Labute approximate surface area is 95.0 Å². The minimum atomic E-state index is -0.0843. The zero-order valence-electron chi connectivity index (χ0n) is 9.56. The number of hydrogen-bond acceptors (Lipinski definition) is 4. The molecule has 1 aromatic carbocycles. The quantitative estimate of drug-likeness (QED) is 0.585. The molecule has 4 heteroatoms. The minimum Gasteiger partial charge on any atom is -0.492 e. The normalized spacial score (nSPS) is 12.2. The summed E-state index contributed by atoms with van der Waals surface area (Å²) in [6, 6.07) is 4.96. The molecule has 4 nitrogen and oxygen atoms in total. The molecule has 0 heterocycles. The summed E-state index contributed by atoms with van der Waals surface area (Å²) in [4.78, 5) is 11.3. The van der Waals surface area contributed by atoms with Gasteiger partial charge in [-0.2, -0.15) is 0 Å². The number of anilines is 1. The first-order valence-electron chi connectivity index (χ1n) is 5.18. The van der Waals surface area contributed by atoms with E-state index < -0.39 is 0 Å². The van der Waals surface area contributed by atoms with Crippen LogP contribution in [-0.2, 0) is 0 Å². The molecule has 1 aromatic rings. The van der Waals surface area contributed by atoms with Crippen LogP contribution in [0.5, 0.6) is 5.75 Å². The number of aliphatic hydroxyl groups excluding tert-OH is 1. The number of hydrogen-bond donors (Lipinski definition) is 2. The molecule has 88 valence electrons. The largest absolute Gasteiger partial charge is 0.492 e. The van der Waals surface area contributed by atoms with Gasteiger partial charge in [0.15, 0.2) is 5.78 Å². The lowest BCUT2D eigenvalue weighted by Crippen LogP contribution is -2.13. The molecule has 0 saturated heterocycles. The van der Waals surface area contributed by atoms with Crippen molar-refractivity contribution in [2.24, 2.45) is 5.92 Å². The Morgan fingerprint density at radius 1 is 1.56 bits per heavy atom. The molecule has 0 amide bonds. The Balaban J connectivity index is 2.82. The molecule has 1 atom stereocenters. The highest BCUT2D eigenvalue weighted by atomic mass is 16.5. The molecular weight excluding hydrogens is 206 g/mol. The number of benzene rings is 1. The molecule has 0 aliphatic carbocycles. The maximum absolute atomic E-state index is 11.3. The summed E-state index contributed by atoms with van der Waals surface area (Å²) in [5, 5.41) is 8.87. The molecule has 0 aromatic heterocycles. The fraction of sp³-hybridized carbons (Fsp3) is 0.417. The highest BCUT2D eigenvalue weighted by molar-refractivity contribution is 5.97. The van der Waals surface area contributed by atoms with E-state index >= 15 is 0 Å². The Hall–Kier alpha value is -1.55. The Morgan fingerprint density at radius 3 is 2.81 bits per heavy atom. The number of carbonyl (C=O) groups excluding carboxylic acids is 1. The average Bonchev–Trinajstić information content (AvgIpc) is 2.26. The molecule has 0 spiro atoms. The van der Waals surface area contributed by atoms with Gasteiger partial charge in [-0.1, -0.05) is 6.92 Å². The molecular formula is C12H17NO3. The first-order chi connectivity index (χ1) is 7.54. The number of aliphatic hydroxyl groups is 1. The van der Waals surface area contributed by atoms with Crippen LogP contribution in [0.2, 0.25) is 0 Å². The second kappa shape index (κ2) is 5.51. The van der Waals surface area contributed by atoms with E-state index in [2.05, 4.69) is 0 Å². The van der Waals surface area contributed by atoms with Crippen LogP contribution < -0.4 is 10.5 Å². The molecule has 0 saturated carbocycles. The van der Waals surface area contributed by atoms with Crippen molar-refractivity contribution < 1.29 is 14.6 Å². The van der Waals surface area contributed by atoms with Gasteiger partial charge in [0.05, 0.1) is 12.2 Å². The van der Waals surface area contributed by atoms with E-state index in [0.29, 0.717) is 23.6 Å². The molecule has 1 rings (SSSR count). The standard InChI is InChI=1S/C12H17NO3/c1-8(6-14)7-16-12-4-3-10(13)5-11(12)9(2)15/h3-5,8,14H,6-7,13H2,1-2H3. The smallest absolute Gasteiger partial charge is 0.163 e. The third-order valence-electron chi connectivity index (χ3n) is 2.22. The first-order valence-corrected chi connectivity index (χ1v) is 5.18. The predicted molar refractivity (Wildman–Crippen MR) is 62.6 cm³/mol. The monoisotopic (exact) mass is 223 g/mol. The lowest BCUT2D eigenvalue weighted by Gasteiger charge is -2.13. The van der Waals surface area contributed by atoms with E-state index in [9.17, 15) is 4.79 Å². The number of Topliss-reactive ketones (excluding diaryl/α,β-unsaturated/α-hetero) is 1. The van der Waals surface area contributed by atoms with Crippen molar-refractivity contribution in [3.63, 3.8) is 0 Å². The molecule has 0 radical (unpaired) electrons. The maximum Gasteiger partial charge on any atom is 0.163 e. The molecule has 0 aliphatic heterocycles. The van der Waals surface area contributed by atoms with Crippen LogP contribution >= 0.6 is 0 Å². The Bertz CT molecular complexity index is 377. The summed E-state index contributed by atoms with van der Waals surface area (Å²) < 4.78 is 5.47. The number of carbonyl (C=O) groups is 1. The molecule has 0 fully saturated rings. The van der Waals surface area contributed by atoms with Gasteiger partial charge in [0.25, 0.3) is 0 Å². The minimum absolute atomic E-state index is 0.0392. The van der Waals surface area contributed by atoms with Gasteiger partial charge in [0, 0.05) is 18.2 Å². The van der Waals surface area contributed by atoms with Crippen LogP contribution in [-0.4, -0.2) is 24.1 Å². The van der Waals surface area contributed by atoms with Crippen molar-refractivity contribution in [1.29, 1.82) is 0 Å². The van der Waals surface area contributed by atoms with Crippen molar-refractivity contribution in [3.8, 4) is 5.75 Å². The summed E-state index contributed by atoms with van der Waals surface area (Å²) in [5.74, 6) is 0.471. The number of ketones is 1. The van der Waals surface area contributed by atoms with E-state index in [0.717, 1.165) is 0 Å². The Morgan fingerprint density at radius 2 is 2.25 bits per heavy atom. The van der Waals surface area contributed by atoms with Gasteiger partial charge in [-0.05, 0) is 25.1 Å². The van der Waals surface area contributed by atoms with Gasteiger partial charge in [0.1, 0.15) is 5.75 Å². The van der Waals surface area contributed by atoms with E-state index in [1.54, 1.807) is 18.2 Å². The predicted octanol–water partition coefficient (Wildman–Crippen LogP) is 1.48. The van der Waals surface area contributed by atoms with Gasteiger partial charge in [-0.15, -0.1) is 0 Å². The van der Waals surface area contributed by atoms with Crippen molar-refractivity contribution in [2.45, 2.75) is 13.8 Å². The van der Waals surface area contributed by atoms with E-state index in [1.807, 2.05) is 6.92 Å². The third kappa shape index (κ3) is 3.24. The summed E-state index contributed by atoms with van der Waals surface area (Å²) >= 11 is 0. The Kier molecular flexibility index (Phi) is 4.31. The van der Waals surface area contributed by atoms with Crippen LogP contribution in [0.3, 0.4) is 0 Å². The summed E-state index contributed by atoms with van der Waals surface area (Å²) in [5.41, 5.74) is 6.61. The van der Waals surface area contributed by atoms with Crippen molar-refractivity contribution in [2.75, 3.05) is 18.9 Å². The molecule has 16 heavy (non-hydrogen) atoms. The van der Waals surface area contributed by atoms with Gasteiger partial charge >= 0.3 is 0 Å². The lowest BCUT2D eigenvalue weighted by atomic mass is 10.1. The van der Waals surface area contributed by atoms with Crippen LogP contribution in [0.1, 0.15) is 24.2 Å². The lowest BCUT2D eigenvalue weighted by molar-refractivity contribution is 0.101. The fourth-order valence-electron chi connectivity index (χ4n) is 1.23. The number of nitrogen functional groups attached to an aromatic ring is 1. The van der Waals surface area contributed by atoms with Crippen LogP contribution in [0, 0.1) is 5.92 Å². The zero-order chi connectivity index (χ0) is 12.1. The topological polar surface area (TPSA) is 72.6 Å². The van der Waals surface area contributed by atoms with Crippen molar-refractivity contribution in [3.05, 3.63) is 23.8 Å². The highest BCUT2D eigenvalue weighted by Crippen LogP contribution is 2.22. The van der Waals surface area contributed by atoms with Crippen molar-refractivity contribution >= 4 is 11.5 Å². The summed E-state index contributed by atoms with van der Waals surface area (Å²) in [6.07, 6.45) is 0. The highest BCUT2D eigenvalue weighted by Gasteiger charge is 2.10. The third-order valence-corrected chi connectivity index (χ3v) is 2.22. The summed E-state index contributed by atoms with van der Waals surface area (Å²) in [6.45, 7) is 3.77. The first kappa shape index (κ1) is 12.5. The number of rotatable bonds is 5. The van der Waals surface area contributed by atoms with E-state index in [-0.39, 0.29) is 18.3 Å². The average molecular weight is 223 g/mol.